The Balaban J connectivity index is 0. The standard InChI is InChI=1S/C17H30N2O6.C2H6/c1-13(6-20-7-14(2)24-11-18)21-8-15(3)22-9-16(4)23-10-17(5)25-12-19;1-2/h13-17H,6-10H2,1-5H3;1-2H3. The number of rotatable bonds is 15. The quantitative estimate of drug-likeness (QED) is 0.394. The lowest BCUT2D eigenvalue weighted by Gasteiger charge is -2.21. The van der Waals surface area contributed by atoms with Crippen molar-refractivity contribution in [2.45, 2.75) is 79.0 Å². The van der Waals surface area contributed by atoms with Gasteiger partial charge in [0.15, 0.2) is 0 Å². The van der Waals surface area contributed by atoms with Crippen LogP contribution in [-0.4, -0.2) is 63.6 Å². The molecule has 0 aliphatic rings. The molecule has 27 heavy (non-hydrogen) atoms. The molecule has 5 atom stereocenters. The molecule has 0 saturated heterocycles. The second-order valence-corrected chi connectivity index (χ2v) is 6.01. The van der Waals surface area contributed by atoms with Gasteiger partial charge in [-0.05, 0) is 34.6 Å². The molecule has 0 spiro atoms. The summed E-state index contributed by atoms with van der Waals surface area (Å²) in [4.78, 5) is 0. The Hall–Kier alpha value is -1.58. The van der Waals surface area contributed by atoms with Crippen LogP contribution in [0, 0.1) is 23.0 Å². The van der Waals surface area contributed by atoms with E-state index in [2.05, 4.69) is 0 Å². The highest BCUT2D eigenvalue weighted by Gasteiger charge is 2.12. The highest BCUT2D eigenvalue weighted by atomic mass is 16.6. The summed E-state index contributed by atoms with van der Waals surface area (Å²) in [6.07, 6.45) is 2.47. The van der Waals surface area contributed by atoms with Crippen molar-refractivity contribution in [2.75, 3.05) is 33.0 Å². The van der Waals surface area contributed by atoms with Crippen LogP contribution in [0.5, 0.6) is 0 Å². The molecule has 8 nitrogen and oxygen atoms in total. The maximum atomic E-state index is 8.39. The Morgan fingerprint density at radius 3 is 1.26 bits per heavy atom. The third-order valence-electron chi connectivity index (χ3n) is 3.06. The number of nitriles is 2. The van der Waals surface area contributed by atoms with Crippen LogP contribution in [0.25, 0.3) is 0 Å². The molecule has 0 saturated carbocycles. The topological polar surface area (TPSA) is 103 Å². The summed E-state index contributed by atoms with van der Waals surface area (Å²) >= 11 is 0. The second-order valence-electron chi connectivity index (χ2n) is 6.01. The Labute approximate surface area is 164 Å². The molecule has 5 unspecified atom stereocenters. The van der Waals surface area contributed by atoms with Gasteiger partial charge < -0.3 is 28.4 Å². The van der Waals surface area contributed by atoms with Gasteiger partial charge in [0.2, 0.25) is 0 Å². The Morgan fingerprint density at radius 1 is 0.556 bits per heavy atom. The van der Waals surface area contributed by atoms with E-state index < -0.39 is 0 Å². The van der Waals surface area contributed by atoms with Crippen molar-refractivity contribution in [3.8, 4) is 12.5 Å². The van der Waals surface area contributed by atoms with Crippen LogP contribution in [-0.2, 0) is 28.4 Å². The number of nitrogens with zero attached hydrogens (tertiary/aromatic N) is 2. The normalized spacial score (nSPS) is 15.7. The van der Waals surface area contributed by atoms with Gasteiger partial charge in [-0.3, -0.25) is 0 Å². The minimum absolute atomic E-state index is 0.0814. The summed E-state index contributed by atoms with van der Waals surface area (Å²) in [7, 11) is 0. The predicted molar refractivity (Wildman–Crippen MR) is 101 cm³/mol. The van der Waals surface area contributed by atoms with E-state index >= 15 is 0 Å². The van der Waals surface area contributed by atoms with Gasteiger partial charge in [-0.25, -0.2) is 0 Å². The maximum absolute atomic E-state index is 8.39. The van der Waals surface area contributed by atoms with Crippen LogP contribution in [0.4, 0.5) is 0 Å². The average Bonchev–Trinajstić information content (AvgIpc) is 2.65. The highest BCUT2D eigenvalue weighted by Crippen LogP contribution is 2.02. The molecule has 0 rings (SSSR count). The second kappa shape index (κ2) is 19.2. The van der Waals surface area contributed by atoms with Crippen LogP contribution in [0.1, 0.15) is 48.5 Å². The molecular formula is C19H36N2O6. The SMILES string of the molecule is CC.CC(COCC(C)OCC(C)OCC(C)OCC(C)OC#N)OC#N. The number of ether oxygens (including phenoxy) is 6. The minimum Gasteiger partial charge on any atom is -0.422 e. The third kappa shape index (κ3) is 19.0. The number of hydrogen-bond donors (Lipinski definition) is 0. The van der Waals surface area contributed by atoms with Crippen molar-refractivity contribution in [3.05, 3.63) is 0 Å². The molecule has 0 amide bonds. The molecule has 0 bridgehead atoms. The zero-order valence-corrected chi connectivity index (χ0v) is 17.8. The van der Waals surface area contributed by atoms with Gasteiger partial charge in [0.05, 0.1) is 51.3 Å². The first-order valence-corrected chi connectivity index (χ1v) is 9.41. The molecule has 158 valence electrons. The Kier molecular flexibility index (Phi) is 19.6. The Bertz CT molecular complexity index is 410. The van der Waals surface area contributed by atoms with E-state index in [1.165, 1.54) is 0 Å². The summed E-state index contributed by atoms with van der Waals surface area (Å²) in [6, 6.07) is 0. The van der Waals surface area contributed by atoms with Crippen molar-refractivity contribution < 1.29 is 28.4 Å². The first-order chi connectivity index (χ1) is 12.9. The van der Waals surface area contributed by atoms with Crippen molar-refractivity contribution in [3.63, 3.8) is 0 Å². The molecule has 0 radical (unpaired) electrons. The summed E-state index contributed by atoms with van der Waals surface area (Å²) in [5, 5.41) is 16.8. The average molecular weight is 389 g/mol. The van der Waals surface area contributed by atoms with Crippen LogP contribution in [0.2, 0.25) is 0 Å². The molecule has 0 heterocycles. The minimum atomic E-state index is -0.268. The van der Waals surface area contributed by atoms with Crippen molar-refractivity contribution >= 4 is 0 Å². The van der Waals surface area contributed by atoms with Crippen LogP contribution in [0.3, 0.4) is 0 Å². The van der Waals surface area contributed by atoms with Crippen LogP contribution < -0.4 is 0 Å². The van der Waals surface area contributed by atoms with Gasteiger partial charge in [0.25, 0.3) is 12.5 Å². The fourth-order valence-corrected chi connectivity index (χ4v) is 1.69. The molecule has 0 N–H and O–H groups in total. The van der Waals surface area contributed by atoms with E-state index in [0.29, 0.717) is 33.0 Å². The van der Waals surface area contributed by atoms with E-state index in [1.807, 2.05) is 34.6 Å². The van der Waals surface area contributed by atoms with Gasteiger partial charge in [-0.1, -0.05) is 13.8 Å². The highest BCUT2D eigenvalue weighted by molar-refractivity contribution is 4.60. The molecule has 8 heteroatoms. The molecular weight excluding hydrogens is 352 g/mol. The molecule has 0 aliphatic heterocycles. The van der Waals surface area contributed by atoms with Crippen molar-refractivity contribution in [1.29, 1.82) is 10.5 Å². The summed E-state index contributed by atoms with van der Waals surface area (Å²) < 4.78 is 31.7. The smallest absolute Gasteiger partial charge is 0.286 e. The lowest BCUT2D eigenvalue weighted by Crippen LogP contribution is -2.28. The lowest BCUT2D eigenvalue weighted by molar-refractivity contribution is -0.0894. The third-order valence-corrected chi connectivity index (χ3v) is 3.06. The van der Waals surface area contributed by atoms with Crippen molar-refractivity contribution in [1.82, 2.24) is 0 Å². The molecule has 0 aromatic carbocycles. The first kappa shape index (κ1) is 27.6. The van der Waals surface area contributed by atoms with Gasteiger partial charge in [-0.15, -0.1) is 0 Å². The van der Waals surface area contributed by atoms with Crippen molar-refractivity contribution in [2.24, 2.45) is 0 Å². The van der Waals surface area contributed by atoms with E-state index in [-0.39, 0.29) is 30.5 Å². The molecule has 0 aromatic heterocycles. The van der Waals surface area contributed by atoms with Crippen LogP contribution in [0.15, 0.2) is 0 Å². The van der Waals surface area contributed by atoms with E-state index in [1.54, 1.807) is 26.4 Å². The van der Waals surface area contributed by atoms with Crippen LogP contribution >= 0.6 is 0 Å². The monoisotopic (exact) mass is 388 g/mol. The molecule has 0 fully saturated rings. The fraction of sp³-hybridized carbons (Fsp3) is 0.895. The number of hydrogen-bond acceptors (Lipinski definition) is 8. The van der Waals surface area contributed by atoms with Gasteiger partial charge in [0.1, 0.15) is 12.2 Å². The summed E-state index contributed by atoms with van der Waals surface area (Å²) in [5.41, 5.74) is 0. The van der Waals surface area contributed by atoms with E-state index in [9.17, 15) is 0 Å². The first-order valence-electron chi connectivity index (χ1n) is 9.41. The van der Waals surface area contributed by atoms with Gasteiger partial charge in [0, 0.05) is 0 Å². The van der Waals surface area contributed by atoms with E-state index in [0.717, 1.165) is 0 Å². The maximum Gasteiger partial charge on any atom is 0.286 e. The lowest BCUT2D eigenvalue weighted by atomic mass is 10.3. The molecule has 0 aromatic rings. The molecule has 0 aliphatic carbocycles. The predicted octanol–water partition coefficient (Wildman–Crippen LogP) is 3.02. The van der Waals surface area contributed by atoms with Gasteiger partial charge >= 0.3 is 0 Å². The van der Waals surface area contributed by atoms with E-state index in [4.69, 9.17) is 38.9 Å². The largest absolute Gasteiger partial charge is 0.422 e. The summed E-state index contributed by atoms with van der Waals surface area (Å²) in [6.45, 7) is 15.2. The zero-order valence-electron chi connectivity index (χ0n) is 17.8. The fourth-order valence-electron chi connectivity index (χ4n) is 1.69. The summed E-state index contributed by atoms with van der Waals surface area (Å²) in [5.74, 6) is 0. The van der Waals surface area contributed by atoms with Gasteiger partial charge in [-0.2, -0.15) is 10.5 Å². The zero-order chi connectivity index (χ0) is 21.1. The Morgan fingerprint density at radius 2 is 0.852 bits per heavy atom.